The average Bonchev–Trinajstić information content (AvgIpc) is 2.39. The summed E-state index contributed by atoms with van der Waals surface area (Å²) in [5.41, 5.74) is 7.96. The molecule has 1 aromatic rings. The molecule has 1 aliphatic rings. The van der Waals surface area contributed by atoms with Crippen LogP contribution in [0.2, 0.25) is 0 Å². The first-order chi connectivity index (χ1) is 8.22. The Hall–Kier alpha value is -1.09. The molecule has 1 aromatic heterocycles. The van der Waals surface area contributed by atoms with Gasteiger partial charge in [0.25, 0.3) is 0 Å². The van der Waals surface area contributed by atoms with Crippen LogP contribution in [-0.4, -0.2) is 18.1 Å². The first kappa shape index (κ1) is 12.4. The predicted molar refractivity (Wildman–Crippen MR) is 72.0 cm³/mol. The predicted octanol–water partition coefficient (Wildman–Crippen LogP) is 2.56. The highest BCUT2D eigenvalue weighted by Gasteiger charge is 2.23. The van der Waals surface area contributed by atoms with Crippen LogP contribution >= 0.6 is 0 Å². The topological polar surface area (TPSA) is 42.2 Å². The normalized spacial score (nSPS) is 24.6. The van der Waals surface area contributed by atoms with Crippen molar-refractivity contribution in [2.75, 3.05) is 11.9 Å². The van der Waals surface area contributed by atoms with Gasteiger partial charge in [0.15, 0.2) is 0 Å². The molecule has 0 aliphatic heterocycles. The van der Waals surface area contributed by atoms with E-state index in [4.69, 9.17) is 5.73 Å². The number of rotatable bonds is 3. The van der Waals surface area contributed by atoms with Gasteiger partial charge in [-0.25, -0.2) is 0 Å². The molecule has 1 aliphatic carbocycles. The van der Waals surface area contributed by atoms with Crippen molar-refractivity contribution in [3.8, 4) is 0 Å². The number of aromatic nitrogens is 1. The quantitative estimate of drug-likeness (QED) is 0.872. The van der Waals surface area contributed by atoms with Gasteiger partial charge in [-0.1, -0.05) is 6.92 Å². The van der Waals surface area contributed by atoms with Crippen LogP contribution in [0.15, 0.2) is 18.3 Å². The van der Waals surface area contributed by atoms with Crippen molar-refractivity contribution >= 4 is 5.69 Å². The van der Waals surface area contributed by atoms with E-state index in [2.05, 4.69) is 29.9 Å². The molecule has 0 radical (unpaired) electrons. The second-order valence-electron chi connectivity index (χ2n) is 5.20. The van der Waals surface area contributed by atoms with E-state index in [-0.39, 0.29) is 0 Å². The fourth-order valence-corrected chi connectivity index (χ4v) is 2.73. The molecule has 0 spiro atoms. The summed E-state index contributed by atoms with van der Waals surface area (Å²) < 4.78 is 0. The van der Waals surface area contributed by atoms with Crippen molar-refractivity contribution in [2.45, 2.75) is 45.2 Å². The Balaban J connectivity index is 2.10. The molecular weight excluding hydrogens is 210 g/mol. The van der Waals surface area contributed by atoms with Crippen molar-refractivity contribution in [1.82, 2.24) is 4.98 Å². The number of nitrogens with two attached hydrogens (primary N) is 1. The summed E-state index contributed by atoms with van der Waals surface area (Å²) in [5.74, 6) is 0.891. The van der Waals surface area contributed by atoms with Crippen LogP contribution in [-0.2, 0) is 6.54 Å². The van der Waals surface area contributed by atoms with Gasteiger partial charge in [-0.15, -0.1) is 0 Å². The third-order valence-corrected chi connectivity index (χ3v) is 3.97. The van der Waals surface area contributed by atoms with E-state index < -0.39 is 0 Å². The summed E-state index contributed by atoms with van der Waals surface area (Å²) in [7, 11) is 2.18. The van der Waals surface area contributed by atoms with Gasteiger partial charge in [0.1, 0.15) is 0 Å². The molecule has 0 unspecified atom stereocenters. The zero-order valence-corrected chi connectivity index (χ0v) is 10.9. The van der Waals surface area contributed by atoms with Gasteiger partial charge < -0.3 is 10.6 Å². The molecule has 17 heavy (non-hydrogen) atoms. The minimum absolute atomic E-state index is 0.517. The minimum atomic E-state index is 0.517. The number of hydrogen-bond acceptors (Lipinski definition) is 3. The number of pyridine rings is 1. The maximum atomic E-state index is 5.75. The smallest absolute Gasteiger partial charge is 0.0772 e. The first-order valence-electron chi connectivity index (χ1n) is 6.59. The molecule has 0 atom stereocenters. The van der Waals surface area contributed by atoms with Crippen molar-refractivity contribution < 1.29 is 0 Å². The molecule has 1 heterocycles. The maximum absolute atomic E-state index is 5.75. The van der Waals surface area contributed by atoms with Gasteiger partial charge in [0.2, 0.25) is 0 Å². The molecular formula is C14H23N3. The standard InChI is InChI=1S/C14H23N3/c1-11-5-7-12(8-6-11)17(2)14-4-3-9-16-13(14)10-15/h3-4,9,11-12H,5-8,10,15H2,1-2H3. The Morgan fingerprint density at radius 2 is 2.06 bits per heavy atom. The van der Waals surface area contributed by atoms with E-state index >= 15 is 0 Å². The fourth-order valence-electron chi connectivity index (χ4n) is 2.73. The molecule has 3 heteroatoms. The van der Waals surface area contributed by atoms with E-state index in [0.717, 1.165) is 11.6 Å². The summed E-state index contributed by atoms with van der Waals surface area (Å²) in [5, 5.41) is 0. The molecule has 1 saturated carbocycles. The molecule has 2 rings (SSSR count). The van der Waals surface area contributed by atoms with E-state index in [0.29, 0.717) is 12.6 Å². The molecule has 1 fully saturated rings. The Bertz CT molecular complexity index is 356. The third-order valence-electron chi connectivity index (χ3n) is 3.97. The number of anilines is 1. The largest absolute Gasteiger partial charge is 0.370 e. The maximum Gasteiger partial charge on any atom is 0.0772 e. The van der Waals surface area contributed by atoms with E-state index in [1.807, 2.05) is 12.3 Å². The molecule has 0 bridgehead atoms. The Morgan fingerprint density at radius 3 is 2.71 bits per heavy atom. The third kappa shape index (κ3) is 2.78. The Kier molecular flexibility index (Phi) is 4.00. The highest BCUT2D eigenvalue weighted by Crippen LogP contribution is 2.30. The fraction of sp³-hybridized carbons (Fsp3) is 0.643. The van der Waals surface area contributed by atoms with Crippen LogP contribution in [0.4, 0.5) is 5.69 Å². The summed E-state index contributed by atoms with van der Waals surface area (Å²) in [6.07, 6.45) is 7.08. The lowest BCUT2D eigenvalue weighted by Gasteiger charge is -2.35. The molecule has 0 saturated heterocycles. The summed E-state index contributed by atoms with van der Waals surface area (Å²) >= 11 is 0. The zero-order chi connectivity index (χ0) is 12.3. The van der Waals surface area contributed by atoms with Crippen molar-refractivity contribution in [3.05, 3.63) is 24.0 Å². The van der Waals surface area contributed by atoms with Gasteiger partial charge in [0, 0.05) is 25.8 Å². The minimum Gasteiger partial charge on any atom is -0.370 e. The second-order valence-corrected chi connectivity index (χ2v) is 5.20. The van der Waals surface area contributed by atoms with Gasteiger partial charge >= 0.3 is 0 Å². The monoisotopic (exact) mass is 233 g/mol. The highest BCUT2D eigenvalue weighted by molar-refractivity contribution is 5.50. The van der Waals surface area contributed by atoms with Crippen molar-refractivity contribution in [1.29, 1.82) is 0 Å². The SMILES string of the molecule is CC1CCC(N(C)c2cccnc2CN)CC1. The van der Waals surface area contributed by atoms with Gasteiger partial charge in [-0.2, -0.15) is 0 Å². The lowest BCUT2D eigenvalue weighted by Crippen LogP contribution is -2.35. The molecule has 3 nitrogen and oxygen atoms in total. The van der Waals surface area contributed by atoms with Crippen molar-refractivity contribution in [3.63, 3.8) is 0 Å². The lowest BCUT2D eigenvalue weighted by atomic mass is 9.86. The number of hydrogen-bond donors (Lipinski definition) is 1. The van der Waals surface area contributed by atoms with Crippen LogP contribution in [0.3, 0.4) is 0 Å². The van der Waals surface area contributed by atoms with Crippen LogP contribution < -0.4 is 10.6 Å². The summed E-state index contributed by atoms with van der Waals surface area (Å²) in [6, 6.07) is 4.78. The molecule has 94 valence electrons. The Morgan fingerprint density at radius 1 is 1.35 bits per heavy atom. The lowest BCUT2D eigenvalue weighted by molar-refractivity contribution is 0.340. The second kappa shape index (κ2) is 5.50. The number of nitrogens with zero attached hydrogens (tertiary/aromatic N) is 2. The van der Waals surface area contributed by atoms with Gasteiger partial charge in [-0.3, -0.25) is 4.98 Å². The van der Waals surface area contributed by atoms with Crippen LogP contribution in [0.25, 0.3) is 0 Å². The first-order valence-corrected chi connectivity index (χ1v) is 6.59. The zero-order valence-electron chi connectivity index (χ0n) is 10.9. The van der Waals surface area contributed by atoms with E-state index in [9.17, 15) is 0 Å². The summed E-state index contributed by atoms with van der Waals surface area (Å²) in [6.45, 7) is 2.87. The van der Waals surface area contributed by atoms with Gasteiger partial charge in [0.05, 0.1) is 11.4 Å². The van der Waals surface area contributed by atoms with Crippen LogP contribution in [0.1, 0.15) is 38.3 Å². The molecule has 0 aromatic carbocycles. The average molecular weight is 233 g/mol. The summed E-state index contributed by atoms with van der Waals surface area (Å²) in [4.78, 5) is 6.74. The van der Waals surface area contributed by atoms with Crippen LogP contribution in [0.5, 0.6) is 0 Å². The Labute approximate surface area is 104 Å². The van der Waals surface area contributed by atoms with Crippen LogP contribution in [0, 0.1) is 5.92 Å². The molecule has 0 amide bonds. The van der Waals surface area contributed by atoms with Gasteiger partial charge in [-0.05, 0) is 43.7 Å². The highest BCUT2D eigenvalue weighted by atomic mass is 15.1. The van der Waals surface area contributed by atoms with E-state index in [1.54, 1.807) is 0 Å². The van der Waals surface area contributed by atoms with Crippen molar-refractivity contribution in [2.24, 2.45) is 11.7 Å². The molecule has 2 N–H and O–H groups in total. The van der Waals surface area contributed by atoms with E-state index in [1.165, 1.54) is 31.4 Å².